The van der Waals surface area contributed by atoms with Gasteiger partial charge in [0.05, 0.1) is 0 Å². The van der Waals surface area contributed by atoms with Gasteiger partial charge in [-0.2, -0.15) is 0 Å². The zero-order valence-corrected chi connectivity index (χ0v) is 6.72. The van der Waals surface area contributed by atoms with E-state index >= 15 is 0 Å². The summed E-state index contributed by atoms with van der Waals surface area (Å²) in [7, 11) is 4.37. The highest BCUT2D eigenvalue weighted by Gasteiger charge is 2.30. The number of rotatable bonds is 3. The molecule has 0 bridgehead atoms. The van der Waals surface area contributed by atoms with Gasteiger partial charge in [0.1, 0.15) is 0 Å². The molecule has 1 atom stereocenters. The third-order valence-corrected chi connectivity index (χ3v) is 2.25. The minimum atomic E-state index is 0.866. The SMILES string of the molecule is CCC(C1CC1)N(C)C. The van der Waals surface area contributed by atoms with Crippen molar-refractivity contribution in [2.75, 3.05) is 14.1 Å². The summed E-state index contributed by atoms with van der Waals surface area (Å²) < 4.78 is 0. The fourth-order valence-corrected chi connectivity index (χ4v) is 1.60. The van der Waals surface area contributed by atoms with Crippen LogP contribution < -0.4 is 0 Å². The zero-order valence-electron chi connectivity index (χ0n) is 6.72. The van der Waals surface area contributed by atoms with Crippen molar-refractivity contribution < 1.29 is 0 Å². The maximum Gasteiger partial charge on any atom is 0.0115 e. The summed E-state index contributed by atoms with van der Waals surface area (Å²) in [4.78, 5) is 2.36. The lowest BCUT2D eigenvalue weighted by molar-refractivity contribution is 0.257. The molecule has 0 aromatic rings. The number of hydrogen-bond acceptors (Lipinski definition) is 1. The molecule has 0 aromatic carbocycles. The number of nitrogens with zero attached hydrogens (tertiary/aromatic N) is 1. The van der Waals surface area contributed by atoms with E-state index in [2.05, 4.69) is 25.9 Å². The van der Waals surface area contributed by atoms with Crippen LogP contribution in [0.25, 0.3) is 0 Å². The highest BCUT2D eigenvalue weighted by Crippen LogP contribution is 2.35. The quantitative estimate of drug-likeness (QED) is 0.558. The predicted octanol–water partition coefficient (Wildman–Crippen LogP) is 1.74. The normalized spacial score (nSPS) is 22.7. The minimum absolute atomic E-state index is 0.866. The van der Waals surface area contributed by atoms with E-state index < -0.39 is 0 Å². The summed E-state index contributed by atoms with van der Waals surface area (Å²) in [5, 5.41) is 0. The molecule has 1 rings (SSSR count). The molecule has 0 aliphatic heterocycles. The van der Waals surface area contributed by atoms with Crippen molar-refractivity contribution in [2.45, 2.75) is 32.2 Å². The van der Waals surface area contributed by atoms with Crippen LogP contribution in [0.2, 0.25) is 0 Å². The van der Waals surface area contributed by atoms with Crippen LogP contribution in [0, 0.1) is 5.92 Å². The third-order valence-electron chi connectivity index (χ3n) is 2.25. The third kappa shape index (κ3) is 1.68. The van der Waals surface area contributed by atoms with Crippen molar-refractivity contribution in [3.63, 3.8) is 0 Å². The molecule has 1 heteroatoms. The second-order valence-electron chi connectivity index (χ2n) is 3.28. The second-order valence-corrected chi connectivity index (χ2v) is 3.28. The van der Waals surface area contributed by atoms with E-state index in [9.17, 15) is 0 Å². The Balaban J connectivity index is 2.28. The summed E-state index contributed by atoms with van der Waals surface area (Å²) >= 11 is 0. The molecule has 1 unspecified atom stereocenters. The van der Waals surface area contributed by atoms with E-state index in [1.54, 1.807) is 0 Å². The smallest absolute Gasteiger partial charge is 0.0115 e. The molecule has 0 spiro atoms. The average Bonchev–Trinajstić information content (AvgIpc) is 2.50. The molecule has 0 N–H and O–H groups in total. The zero-order chi connectivity index (χ0) is 6.85. The highest BCUT2D eigenvalue weighted by atomic mass is 15.1. The van der Waals surface area contributed by atoms with Crippen molar-refractivity contribution >= 4 is 0 Å². The van der Waals surface area contributed by atoms with Crippen LogP contribution in [0.15, 0.2) is 0 Å². The van der Waals surface area contributed by atoms with Crippen LogP contribution in [-0.2, 0) is 0 Å². The Kier molecular flexibility index (Phi) is 2.12. The first-order chi connectivity index (χ1) is 4.25. The lowest BCUT2D eigenvalue weighted by atomic mass is 10.1. The van der Waals surface area contributed by atoms with E-state index in [1.807, 2.05) is 0 Å². The Bertz CT molecular complexity index is 82.6. The van der Waals surface area contributed by atoms with Crippen LogP contribution in [0.5, 0.6) is 0 Å². The van der Waals surface area contributed by atoms with Crippen LogP contribution >= 0.6 is 0 Å². The maximum atomic E-state index is 2.36. The average molecular weight is 127 g/mol. The van der Waals surface area contributed by atoms with Gasteiger partial charge in [-0.3, -0.25) is 0 Å². The van der Waals surface area contributed by atoms with Crippen LogP contribution in [0.4, 0.5) is 0 Å². The molecule has 0 amide bonds. The topological polar surface area (TPSA) is 3.24 Å². The lowest BCUT2D eigenvalue weighted by Gasteiger charge is -2.21. The molecule has 0 saturated heterocycles. The largest absolute Gasteiger partial charge is 0.306 e. The van der Waals surface area contributed by atoms with Crippen molar-refractivity contribution in [1.29, 1.82) is 0 Å². The van der Waals surface area contributed by atoms with Gasteiger partial charge in [-0.15, -0.1) is 0 Å². The van der Waals surface area contributed by atoms with Gasteiger partial charge < -0.3 is 4.90 Å². The number of hydrogen-bond donors (Lipinski definition) is 0. The summed E-state index contributed by atoms with van der Waals surface area (Å²) in [6.07, 6.45) is 4.26. The molecule has 0 heterocycles. The van der Waals surface area contributed by atoms with E-state index in [0.29, 0.717) is 0 Å². The van der Waals surface area contributed by atoms with Gasteiger partial charge in [-0.05, 0) is 39.3 Å². The van der Waals surface area contributed by atoms with Crippen molar-refractivity contribution in [3.8, 4) is 0 Å². The van der Waals surface area contributed by atoms with Gasteiger partial charge in [0, 0.05) is 6.04 Å². The fourth-order valence-electron chi connectivity index (χ4n) is 1.60. The van der Waals surface area contributed by atoms with Crippen LogP contribution in [-0.4, -0.2) is 25.0 Å². The minimum Gasteiger partial charge on any atom is -0.306 e. The summed E-state index contributed by atoms with van der Waals surface area (Å²) in [6.45, 7) is 2.28. The van der Waals surface area contributed by atoms with Crippen molar-refractivity contribution in [1.82, 2.24) is 4.90 Å². The monoisotopic (exact) mass is 127 g/mol. The molecule has 1 aliphatic carbocycles. The van der Waals surface area contributed by atoms with E-state index in [-0.39, 0.29) is 0 Å². The van der Waals surface area contributed by atoms with E-state index in [0.717, 1.165) is 12.0 Å². The molecule has 0 aromatic heterocycles. The Morgan fingerprint density at radius 1 is 1.44 bits per heavy atom. The van der Waals surface area contributed by atoms with Crippen molar-refractivity contribution in [3.05, 3.63) is 0 Å². The van der Waals surface area contributed by atoms with Crippen LogP contribution in [0.3, 0.4) is 0 Å². The predicted molar refractivity (Wildman–Crippen MR) is 40.5 cm³/mol. The molecule has 0 radical (unpaired) electrons. The van der Waals surface area contributed by atoms with Gasteiger partial charge in [-0.25, -0.2) is 0 Å². The molecule has 1 fully saturated rings. The first kappa shape index (κ1) is 7.07. The van der Waals surface area contributed by atoms with E-state index in [4.69, 9.17) is 0 Å². The standard InChI is InChI=1S/C8H17N/c1-4-8(9(2)3)7-5-6-7/h7-8H,4-6H2,1-3H3. The van der Waals surface area contributed by atoms with Gasteiger partial charge in [-0.1, -0.05) is 6.92 Å². The molecule has 9 heavy (non-hydrogen) atoms. The van der Waals surface area contributed by atoms with Crippen molar-refractivity contribution in [2.24, 2.45) is 5.92 Å². The summed E-state index contributed by atoms with van der Waals surface area (Å²) in [6, 6.07) is 0.866. The molecular weight excluding hydrogens is 110 g/mol. The Labute approximate surface area is 58.0 Å². The second kappa shape index (κ2) is 2.70. The first-order valence-corrected chi connectivity index (χ1v) is 3.92. The van der Waals surface area contributed by atoms with E-state index in [1.165, 1.54) is 19.3 Å². The maximum absolute atomic E-state index is 2.36. The van der Waals surface area contributed by atoms with Gasteiger partial charge in [0.15, 0.2) is 0 Å². The Hall–Kier alpha value is -0.0400. The molecule has 54 valence electrons. The molecule has 1 saturated carbocycles. The summed E-state index contributed by atoms with van der Waals surface area (Å²) in [5.74, 6) is 1.03. The van der Waals surface area contributed by atoms with Gasteiger partial charge in [0.25, 0.3) is 0 Å². The summed E-state index contributed by atoms with van der Waals surface area (Å²) in [5.41, 5.74) is 0. The Morgan fingerprint density at radius 3 is 2.11 bits per heavy atom. The molecular formula is C8H17N. The lowest BCUT2D eigenvalue weighted by Crippen LogP contribution is -2.28. The fraction of sp³-hybridized carbons (Fsp3) is 1.00. The van der Waals surface area contributed by atoms with Gasteiger partial charge >= 0.3 is 0 Å². The highest BCUT2D eigenvalue weighted by molar-refractivity contribution is 4.84. The van der Waals surface area contributed by atoms with Crippen LogP contribution in [0.1, 0.15) is 26.2 Å². The molecule has 1 aliphatic rings. The first-order valence-electron chi connectivity index (χ1n) is 3.92. The molecule has 1 nitrogen and oxygen atoms in total. The Morgan fingerprint density at radius 2 is 2.00 bits per heavy atom. The van der Waals surface area contributed by atoms with Gasteiger partial charge in [0.2, 0.25) is 0 Å².